The van der Waals surface area contributed by atoms with Crippen LogP contribution in [0.2, 0.25) is 0 Å². The highest BCUT2D eigenvalue weighted by Gasteiger charge is 2.36. The molecule has 0 atom stereocenters. The maximum atomic E-state index is 14.2. The van der Waals surface area contributed by atoms with E-state index in [4.69, 9.17) is 5.73 Å². The van der Waals surface area contributed by atoms with Gasteiger partial charge in [0.1, 0.15) is 5.69 Å². The van der Waals surface area contributed by atoms with Crippen LogP contribution >= 0.6 is 0 Å². The number of hydrogen-bond acceptors (Lipinski definition) is 7. The number of nitrogens with two attached hydrogens (primary N) is 1. The van der Waals surface area contributed by atoms with Crippen molar-refractivity contribution < 1.29 is 22.8 Å². The number of anilines is 3. The Morgan fingerprint density at radius 3 is 2.63 bits per heavy atom. The number of halogens is 3. The third-order valence-corrected chi connectivity index (χ3v) is 9.13. The molecule has 49 heavy (non-hydrogen) atoms. The van der Waals surface area contributed by atoms with Crippen molar-refractivity contribution in [2.75, 3.05) is 49.7 Å². The molecule has 13 heteroatoms. The van der Waals surface area contributed by atoms with Gasteiger partial charge in [-0.25, -0.2) is 9.97 Å². The topological polar surface area (TPSA) is 121 Å². The number of hydrogen-bond donors (Lipinski definition) is 3. The van der Waals surface area contributed by atoms with E-state index in [-0.39, 0.29) is 35.7 Å². The van der Waals surface area contributed by atoms with Gasteiger partial charge in [-0.15, -0.1) is 0 Å². The Morgan fingerprint density at radius 2 is 1.90 bits per heavy atom. The van der Waals surface area contributed by atoms with Gasteiger partial charge in [0, 0.05) is 61.9 Å². The summed E-state index contributed by atoms with van der Waals surface area (Å²) in [7, 11) is 5.57. The summed E-state index contributed by atoms with van der Waals surface area (Å²) in [6.45, 7) is 2.20. The molecule has 4 aromatic rings. The minimum Gasteiger partial charge on any atom is -0.371 e. The maximum absolute atomic E-state index is 14.2. The molecule has 10 nitrogen and oxygen atoms in total. The second-order valence-corrected chi connectivity index (χ2v) is 12.5. The molecule has 2 amide bonds. The van der Waals surface area contributed by atoms with Gasteiger partial charge in [0.2, 0.25) is 11.9 Å². The van der Waals surface area contributed by atoms with E-state index in [9.17, 15) is 22.8 Å². The first-order valence-electron chi connectivity index (χ1n) is 16.0. The molecule has 0 bridgehead atoms. The zero-order valence-electron chi connectivity index (χ0n) is 27.5. The third-order valence-electron chi connectivity index (χ3n) is 9.13. The van der Waals surface area contributed by atoms with Crippen LogP contribution in [0, 0.1) is 11.8 Å². The van der Waals surface area contributed by atoms with Gasteiger partial charge in [-0.2, -0.15) is 13.2 Å². The van der Waals surface area contributed by atoms with Crippen LogP contribution in [0.25, 0.3) is 11.4 Å². The molecular formula is C36H37F3N8O2. The summed E-state index contributed by atoms with van der Waals surface area (Å²) in [5, 5.41) is 5.48. The Bertz CT molecular complexity index is 1970. The molecule has 0 unspecified atom stereocenters. The van der Waals surface area contributed by atoms with Crippen LogP contribution in [-0.2, 0) is 30.9 Å². The molecule has 2 aromatic carbocycles. The first-order chi connectivity index (χ1) is 23.4. The van der Waals surface area contributed by atoms with E-state index in [1.807, 2.05) is 18.7 Å². The molecule has 6 rings (SSSR count). The average molecular weight is 671 g/mol. The van der Waals surface area contributed by atoms with Crippen molar-refractivity contribution in [3.63, 3.8) is 0 Å². The minimum atomic E-state index is -4.59. The Hall–Kier alpha value is -5.35. The molecule has 1 saturated heterocycles. The monoisotopic (exact) mass is 670 g/mol. The lowest BCUT2D eigenvalue weighted by Crippen LogP contribution is -2.42. The summed E-state index contributed by atoms with van der Waals surface area (Å²) in [5.41, 5.74) is 9.70. The number of benzene rings is 2. The summed E-state index contributed by atoms with van der Waals surface area (Å²) >= 11 is 0. The number of piperidine rings is 1. The van der Waals surface area contributed by atoms with Crippen LogP contribution < -0.4 is 21.3 Å². The molecule has 2 aromatic heterocycles. The molecule has 2 aliphatic heterocycles. The Morgan fingerprint density at radius 1 is 1.12 bits per heavy atom. The maximum Gasteiger partial charge on any atom is 0.418 e. The molecule has 0 spiro atoms. The predicted molar refractivity (Wildman–Crippen MR) is 182 cm³/mol. The van der Waals surface area contributed by atoms with E-state index in [0.717, 1.165) is 37.7 Å². The van der Waals surface area contributed by atoms with Crippen molar-refractivity contribution in [3.05, 3.63) is 88.2 Å². The van der Waals surface area contributed by atoms with Crippen molar-refractivity contribution in [2.24, 2.45) is 7.05 Å². The fourth-order valence-corrected chi connectivity index (χ4v) is 6.46. The van der Waals surface area contributed by atoms with E-state index in [0.29, 0.717) is 46.6 Å². The second kappa shape index (κ2) is 13.6. The van der Waals surface area contributed by atoms with Crippen molar-refractivity contribution in [1.82, 2.24) is 24.8 Å². The molecule has 254 valence electrons. The zero-order chi connectivity index (χ0) is 34.9. The Balaban J connectivity index is 1.18. The number of likely N-dealkylation sites (tertiary alicyclic amines) is 1. The lowest BCUT2D eigenvalue weighted by Gasteiger charge is -2.37. The van der Waals surface area contributed by atoms with Gasteiger partial charge in [0.25, 0.3) is 5.91 Å². The average Bonchev–Trinajstić information content (AvgIpc) is 3.41. The highest BCUT2D eigenvalue weighted by Crippen LogP contribution is 2.39. The molecule has 0 aliphatic carbocycles. The van der Waals surface area contributed by atoms with Gasteiger partial charge < -0.3 is 30.7 Å². The lowest BCUT2D eigenvalue weighted by atomic mass is 10.0. The van der Waals surface area contributed by atoms with Crippen LogP contribution in [0.15, 0.2) is 54.7 Å². The number of carbonyl (C=O) groups is 2. The summed E-state index contributed by atoms with van der Waals surface area (Å²) in [6, 6.07) is 12.8. The SMILES string of the molecule is CN1CCC(N(C)c2ccc(NC(=O)Cc3cccc(C#Cc4cnc(N)nc4-c4cc5c(n4C)CCNC5=O)c3)cc2C(F)(F)F)CC1. The third kappa shape index (κ3) is 7.39. The van der Waals surface area contributed by atoms with Gasteiger partial charge in [0.15, 0.2) is 0 Å². The number of nitrogens with one attached hydrogen (secondary N) is 2. The zero-order valence-corrected chi connectivity index (χ0v) is 27.5. The molecule has 1 fully saturated rings. The highest BCUT2D eigenvalue weighted by atomic mass is 19.4. The molecule has 2 aliphatic rings. The summed E-state index contributed by atoms with van der Waals surface area (Å²) in [5.74, 6) is 5.65. The van der Waals surface area contributed by atoms with Gasteiger partial charge in [-0.1, -0.05) is 24.0 Å². The van der Waals surface area contributed by atoms with E-state index >= 15 is 0 Å². The van der Waals surface area contributed by atoms with Crippen LogP contribution in [0.4, 0.5) is 30.5 Å². The normalized spacial score (nSPS) is 15.2. The van der Waals surface area contributed by atoms with Crippen LogP contribution in [0.3, 0.4) is 0 Å². The molecule has 0 saturated carbocycles. The number of fused-ring (bicyclic) bond motifs is 1. The van der Waals surface area contributed by atoms with Crippen LogP contribution in [-0.4, -0.2) is 71.0 Å². The van der Waals surface area contributed by atoms with E-state index < -0.39 is 17.6 Å². The van der Waals surface area contributed by atoms with Gasteiger partial charge >= 0.3 is 6.18 Å². The minimum absolute atomic E-state index is 0.00102. The van der Waals surface area contributed by atoms with Gasteiger partial charge in [0.05, 0.1) is 28.8 Å². The fourth-order valence-electron chi connectivity index (χ4n) is 6.46. The second-order valence-electron chi connectivity index (χ2n) is 12.5. The summed E-state index contributed by atoms with van der Waals surface area (Å²) in [6.07, 6.45) is -0.899. The van der Waals surface area contributed by atoms with Crippen molar-refractivity contribution in [2.45, 2.75) is 37.9 Å². The number of carbonyl (C=O) groups excluding carboxylic acids is 2. The molecule has 4 N–H and O–H groups in total. The first-order valence-corrected chi connectivity index (χ1v) is 16.0. The number of alkyl halides is 3. The quantitative estimate of drug-likeness (QED) is 0.259. The van der Waals surface area contributed by atoms with Gasteiger partial charge in [-0.05, 0) is 74.9 Å². The first kappa shape index (κ1) is 33.5. The standard InChI is InChI=1S/C36H37F3N8O2/c1-45-15-12-26(13-16-45)46(2)30-10-9-25(19-28(30)36(37,38)39)43-32(48)18-23-6-4-5-22(17-23)7-8-24-21-42-35(40)44-33(24)31-20-27-29(47(31)3)11-14-41-34(27)49/h4-6,9-10,17,19-21,26H,11-16,18H2,1-3H3,(H,41,49)(H,43,48)(H2,40,42,44). The van der Waals surface area contributed by atoms with Gasteiger partial charge in [-0.3, -0.25) is 9.59 Å². The summed E-state index contributed by atoms with van der Waals surface area (Å²) in [4.78, 5) is 37.8. The largest absolute Gasteiger partial charge is 0.418 e. The highest BCUT2D eigenvalue weighted by molar-refractivity contribution is 5.98. The fraction of sp³-hybridized carbons (Fsp3) is 0.333. The number of nitrogen functional groups attached to an aromatic ring is 1. The molecular weight excluding hydrogens is 633 g/mol. The Labute approximate surface area is 282 Å². The predicted octanol–water partition coefficient (Wildman–Crippen LogP) is 4.48. The van der Waals surface area contributed by atoms with E-state index in [2.05, 4.69) is 37.3 Å². The number of nitrogens with zero attached hydrogens (tertiary/aromatic N) is 5. The van der Waals surface area contributed by atoms with Crippen molar-refractivity contribution in [1.29, 1.82) is 0 Å². The van der Waals surface area contributed by atoms with E-state index in [1.54, 1.807) is 42.3 Å². The number of amides is 2. The number of rotatable bonds is 6. The van der Waals surface area contributed by atoms with E-state index in [1.165, 1.54) is 18.3 Å². The lowest BCUT2D eigenvalue weighted by molar-refractivity contribution is -0.137. The molecule has 0 radical (unpaired) electrons. The Kier molecular flexibility index (Phi) is 9.34. The van der Waals surface area contributed by atoms with Crippen molar-refractivity contribution in [3.8, 4) is 23.2 Å². The summed E-state index contributed by atoms with van der Waals surface area (Å²) < 4.78 is 44.5. The smallest absolute Gasteiger partial charge is 0.371 e. The van der Waals surface area contributed by atoms with Crippen LogP contribution in [0.1, 0.15) is 51.1 Å². The van der Waals surface area contributed by atoms with Crippen LogP contribution in [0.5, 0.6) is 0 Å². The molecule has 4 heterocycles. The number of aromatic nitrogens is 3. The van der Waals surface area contributed by atoms with Crippen molar-refractivity contribution >= 4 is 29.1 Å².